The molecule has 17 heavy (non-hydrogen) atoms. The Morgan fingerprint density at radius 3 is 2.71 bits per heavy atom. The van der Waals surface area contributed by atoms with Crippen LogP contribution in [0.1, 0.15) is 30.0 Å². The summed E-state index contributed by atoms with van der Waals surface area (Å²) in [4.78, 5) is 0. The molecule has 1 aliphatic heterocycles. The molecule has 1 saturated heterocycles. The van der Waals surface area contributed by atoms with Crippen molar-refractivity contribution in [2.75, 3.05) is 13.1 Å². The van der Waals surface area contributed by atoms with Gasteiger partial charge in [0, 0.05) is 11.6 Å². The minimum atomic E-state index is -0.301. The SMILES string of the molecule is Cc1ccc(F)c([C@H](N)C2CCNCC2)c1Cl. The highest BCUT2D eigenvalue weighted by Crippen LogP contribution is 2.34. The van der Waals surface area contributed by atoms with Crippen LogP contribution >= 0.6 is 11.6 Å². The molecule has 1 aromatic carbocycles. The average Bonchev–Trinajstić information content (AvgIpc) is 2.35. The Balaban J connectivity index is 2.29. The maximum absolute atomic E-state index is 13.9. The smallest absolute Gasteiger partial charge is 0.129 e. The number of rotatable bonds is 2. The van der Waals surface area contributed by atoms with E-state index in [1.807, 2.05) is 6.92 Å². The van der Waals surface area contributed by atoms with E-state index >= 15 is 0 Å². The standard InChI is InChI=1S/C13H18ClFN2/c1-8-2-3-10(15)11(12(8)14)13(16)9-4-6-17-7-5-9/h2-3,9,13,17H,4-7,16H2,1H3/t13-/m1/s1. The number of aryl methyl sites for hydroxylation is 1. The summed E-state index contributed by atoms with van der Waals surface area (Å²) < 4.78 is 13.9. The van der Waals surface area contributed by atoms with Gasteiger partial charge in [0.2, 0.25) is 0 Å². The van der Waals surface area contributed by atoms with E-state index in [1.54, 1.807) is 6.07 Å². The molecule has 1 aromatic rings. The molecule has 0 aromatic heterocycles. The molecule has 4 heteroatoms. The normalized spacial score (nSPS) is 19.3. The first-order chi connectivity index (χ1) is 8.11. The van der Waals surface area contributed by atoms with Gasteiger partial charge >= 0.3 is 0 Å². The van der Waals surface area contributed by atoms with Crippen LogP contribution in [0.3, 0.4) is 0 Å². The molecule has 0 aliphatic carbocycles. The number of nitrogens with two attached hydrogens (primary N) is 1. The molecule has 0 unspecified atom stereocenters. The molecule has 1 aliphatic rings. The van der Waals surface area contributed by atoms with Gasteiger partial charge in [-0.25, -0.2) is 4.39 Å². The quantitative estimate of drug-likeness (QED) is 0.854. The summed E-state index contributed by atoms with van der Waals surface area (Å²) in [6, 6.07) is 2.85. The first kappa shape index (κ1) is 12.8. The zero-order chi connectivity index (χ0) is 12.4. The van der Waals surface area contributed by atoms with Gasteiger partial charge in [0.05, 0.1) is 5.02 Å². The van der Waals surface area contributed by atoms with Crippen LogP contribution in [0, 0.1) is 18.7 Å². The third-order valence-electron chi connectivity index (χ3n) is 3.54. The van der Waals surface area contributed by atoms with Crippen molar-refractivity contribution in [1.29, 1.82) is 0 Å². The van der Waals surface area contributed by atoms with Gasteiger partial charge in [-0.1, -0.05) is 17.7 Å². The van der Waals surface area contributed by atoms with Crippen molar-refractivity contribution in [2.45, 2.75) is 25.8 Å². The van der Waals surface area contributed by atoms with E-state index in [0.29, 0.717) is 16.5 Å². The van der Waals surface area contributed by atoms with E-state index in [2.05, 4.69) is 5.32 Å². The highest BCUT2D eigenvalue weighted by atomic mass is 35.5. The van der Waals surface area contributed by atoms with Crippen LogP contribution in [0.25, 0.3) is 0 Å². The predicted octanol–water partition coefficient (Wildman–Crippen LogP) is 2.79. The lowest BCUT2D eigenvalue weighted by atomic mass is 9.86. The van der Waals surface area contributed by atoms with Crippen LogP contribution in [-0.2, 0) is 0 Å². The summed E-state index contributed by atoms with van der Waals surface area (Å²) in [7, 11) is 0. The topological polar surface area (TPSA) is 38.0 Å². The third kappa shape index (κ3) is 2.62. The van der Waals surface area contributed by atoms with Crippen LogP contribution in [0.15, 0.2) is 12.1 Å². The Morgan fingerprint density at radius 2 is 2.06 bits per heavy atom. The second-order valence-corrected chi connectivity index (χ2v) is 5.08. The Hall–Kier alpha value is -0.640. The third-order valence-corrected chi connectivity index (χ3v) is 4.05. The van der Waals surface area contributed by atoms with E-state index < -0.39 is 0 Å². The van der Waals surface area contributed by atoms with Gasteiger partial charge in [-0.2, -0.15) is 0 Å². The van der Waals surface area contributed by atoms with Gasteiger partial charge in [0.1, 0.15) is 5.82 Å². The lowest BCUT2D eigenvalue weighted by Gasteiger charge is -2.29. The highest BCUT2D eigenvalue weighted by molar-refractivity contribution is 6.32. The summed E-state index contributed by atoms with van der Waals surface area (Å²) in [5.41, 5.74) is 7.55. The minimum Gasteiger partial charge on any atom is -0.324 e. The van der Waals surface area contributed by atoms with Crippen molar-refractivity contribution in [1.82, 2.24) is 5.32 Å². The van der Waals surface area contributed by atoms with Crippen LogP contribution in [0.4, 0.5) is 4.39 Å². The summed E-state index contributed by atoms with van der Waals surface area (Å²) in [6.07, 6.45) is 1.95. The molecule has 1 heterocycles. The van der Waals surface area contributed by atoms with Gasteiger partial charge in [0.25, 0.3) is 0 Å². The fraction of sp³-hybridized carbons (Fsp3) is 0.538. The number of hydrogen-bond acceptors (Lipinski definition) is 2. The molecule has 2 rings (SSSR count). The zero-order valence-electron chi connectivity index (χ0n) is 9.97. The van der Waals surface area contributed by atoms with Crippen molar-refractivity contribution in [3.8, 4) is 0 Å². The lowest BCUT2D eigenvalue weighted by Crippen LogP contribution is -2.34. The largest absolute Gasteiger partial charge is 0.324 e. The van der Waals surface area contributed by atoms with Crippen molar-refractivity contribution in [3.05, 3.63) is 34.1 Å². The van der Waals surface area contributed by atoms with Gasteiger partial charge in [-0.05, 0) is 50.4 Å². The molecule has 94 valence electrons. The number of benzene rings is 1. The number of hydrogen-bond donors (Lipinski definition) is 2. The summed E-state index contributed by atoms with van der Waals surface area (Å²) in [5, 5.41) is 3.76. The molecule has 2 nitrogen and oxygen atoms in total. The molecule has 0 radical (unpaired) electrons. The molecule has 1 atom stereocenters. The van der Waals surface area contributed by atoms with Crippen molar-refractivity contribution in [2.24, 2.45) is 11.7 Å². The lowest BCUT2D eigenvalue weighted by molar-refractivity contribution is 0.317. The molecule has 0 saturated carbocycles. The van der Waals surface area contributed by atoms with Crippen LogP contribution in [0.5, 0.6) is 0 Å². The molecule has 0 amide bonds. The van der Waals surface area contributed by atoms with E-state index in [9.17, 15) is 4.39 Å². The monoisotopic (exact) mass is 256 g/mol. The van der Waals surface area contributed by atoms with E-state index in [1.165, 1.54) is 6.07 Å². The molecular weight excluding hydrogens is 239 g/mol. The van der Waals surface area contributed by atoms with Crippen LogP contribution in [-0.4, -0.2) is 13.1 Å². The summed E-state index contributed by atoms with van der Waals surface area (Å²) >= 11 is 6.18. The first-order valence-electron chi connectivity index (χ1n) is 6.02. The molecule has 1 fully saturated rings. The predicted molar refractivity (Wildman–Crippen MR) is 68.7 cm³/mol. The van der Waals surface area contributed by atoms with Crippen molar-refractivity contribution in [3.63, 3.8) is 0 Å². The van der Waals surface area contributed by atoms with E-state index in [0.717, 1.165) is 31.5 Å². The second kappa shape index (κ2) is 5.34. The maximum Gasteiger partial charge on any atom is 0.129 e. The Kier molecular flexibility index (Phi) is 4.02. The maximum atomic E-state index is 13.9. The zero-order valence-corrected chi connectivity index (χ0v) is 10.7. The minimum absolute atomic E-state index is 0.286. The van der Waals surface area contributed by atoms with Gasteiger partial charge in [0.15, 0.2) is 0 Å². The Morgan fingerprint density at radius 1 is 1.41 bits per heavy atom. The molecule has 0 spiro atoms. The fourth-order valence-corrected chi connectivity index (χ4v) is 2.70. The van der Waals surface area contributed by atoms with Crippen molar-refractivity contribution >= 4 is 11.6 Å². The first-order valence-corrected chi connectivity index (χ1v) is 6.40. The number of piperidine rings is 1. The fourth-order valence-electron chi connectivity index (χ4n) is 2.42. The molecular formula is C13H18ClFN2. The van der Waals surface area contributed by atoms with Gasteiger partial charge < -0.3 is 11.1 Å². The van der Waals surface area contributed by atoms with Crippen LogP contribution in [0.2, 0.25) is 5.02 Å². The van der Waals surface area contributed by atoms with Gasteiger partial charge in [-0.3, -0.25) is 0 Å². The summed E-state index contributed by atoms with van der Waals surface area (Å²) in [6.45, 7) is 3.77. The average molecular weight is 257 g/mol. The molecule has 0 bridgehead atoms. The number of nitrogens with one attached hydrogen (secondary N) is 1. The number of halogens is 2. The Bertz CT molecular complexity index is 403. The van der Waals surface area contributed by atoms with E-state index in [4.69, 9.17) is 17.3 Å². The van der Waals surface area contributed by atoms with Crippen molar-refractivity contribution < 1.29 is 4.39 Å². The second-order valence-electron chi connectivity index (χ2n) is 4.71. The van der Waals surface area contributed by atoms with Crippen LogP contribution < -0.4 is 11.1 Å². The van der Waals surface area contributed by atoms with Gasteiger partial charge in [-0.15, -0.1) is 0 Å². The molecule has 3 N–H and O–H groups in total. The summed E-state index contributed by atoms with van der Waals surface area (Å²) in [5.74, 6) is 0.0247. The highest BCUT2D eigenvalue weighted by Gasteiger charge is 2.26. The Labute approximate surface area is 106 Å². The van der Waals surface area contributed by atoms with E-state index in [-0.39, 0.29) is 11.9 Å².